The number of nitrogens with zero attached hydrogens (tertiary/aromatic N) is 1. The Morgan fingerprint density at radius 2 is 1.94 bits per heavy atom. The molecule has 90 valence electrons. The molecule has 3 heteroatoms. The predicted octanol–water partition coefficient (Wildman–Crippen LogP) is 3.21. The molecule has 2 nitrogen and oxygen atoms in total. The molecule has 2 aromatic rings. The third kappa shape index (κ3) is 3.28. The summed E-state index contributed by atoms with van der Waals surface area (Å²) in [5, 5.41) is 0. The molecule has 0 aliphatic carbocycles. The van der Waals surface area contributed by atoms with Gasteiger partial charge in [0.25, 0.3) is 0 Å². The Balaban J connectivity index is 2.19. The van der Waals surface area contributed by atoms with Crippen LogP contribution < -0.4 is 4.74 Å². The number of ether oxygens (including phenoxy) is 1. The number of methoxy groups -OCH3 is 1. The van der Waals surface area contributed by atoms with Crippen LogP contribution in [0.25, 0.3) is 0 Å². The van der Waals surface area contributed by atoms with Crippen molar-refractivity contribution in [2.24, 2.45) is 0 Å². The van der Waals surface area contributed by atoms with Crippen molar-refractivity contribution in [1.82, 2.24) is 4.98 Å². The molecular weight excluding hydrogens is 242 g/mol. The number of aromatic nitrogens is 1. The summed E-state index contributed by atoms with van der Waals surface area (Å²) in [5.41, 5.74) is 1.89. The van der Waals surface area contributed by atoms with Gasteiger partial charge in [-0.3, -0.25) is 0 Å². The van der Waals surface area contributed by atoms with Gasteiger partial charge in [-0.25, -0.2) is 4.98 Å². The number of thioether (sulfide) groups is 1. The van der Waals surface area contributed by atoms with Crippen molar-refractivity contribution in [3.63, 3.8) is 0 Å². The van der Waals surface area contributed by atoms with Crippen LogP contribution in [0, 0.1) is 11.8 Å². The van der Waals surface area contributed by atoms with E-state index in [1.165, 1.54) is 4.90 Å². The van der Waals surface area contributed by atoms with Crippen LogP contribution in [0.2, 0.25) is 0 Å². The number of hydrogen-bond acceptors (Lipinski definition) is 3. The van der Waals surface area contributed by atoms with Crippen molar-refractivity contribution >= 4 is 11.8 Å². The van der Waals surface area contributed by atoms with E-state index in [2.05, 4.69) is 35.2 Å². The van der Waals surface area contributed by atoms with Gasteiger partial charge in [0.1, 0.15) is 0 Å². The molecule has 0 amide bonds. The quantitative estimate of drug-likeness (QED) is 0.607. The molecule has 0 radical (unpaired) electrons. The first kappa shape index (κ1) is 12.5. The number of rotatable bonds is 2. The van der Waals surface area contributed by atoms with Crippen LogP contribution in [-0.2, 0) is 0 Å². The standard InChI is InChI=1S/C15H13NOS/c1-17-15-9-8-13(11-16-15)7-6-12-4-3-5-14(10-12)18-2/h3-5,8-11H,1-2H3. The molecule has 1 heterocycles. The van der Waals surface area contributed by atoms with E-state index in [1.54, 1.807) is 25.1 Å². The van der Waals surface area contributed by atoms with Crippen LogP contribution in [0.3, 0.4) is 0 Å². The minimum atomic E-state index is 0.602. The molecular formula is C15H13NOS. The van der Waals surface area contributed by atoms with Gasteiger partial charge in [-0.2, -0.15) is 0 Å². The third-order valence-electron chi connectivity index (χ3n) is 2.37. The second-order valence-corrected chi connectivity index (χ2v) is 4.45. The van der Waals surface area contributed by atoms with E-state index in [4.69, 9.17) is 4.74 Å². The topological polar surface area (TPSA) is 22.1 Å². The lowest BCUT2D eigenvalue weighted by Crippen LogP contribution is -1.86. The molecule has 0 atom stereocenters. The Labute approximate surface area is 111 Å². The smallest absolute Gasteiger partial charge is 0.212 e. The second-order valence-electron chi connectivity index (χ2n) is 3.57. The summed E-state index contributed by atoms with van der Waals surface area (Å²) in [5.74, 6) is 6.82. The fraction of sp³-hybridized carbons (Fsp3) is 0.133. The molecule has 1 aromatic carbocycles. The average molecular weight is 255 g/mol. The molecule has 0 fully saturated rings. The average Bonchev–Trinajstić information content (AvgIpc) is 2.46. The van der Waals surface area contributed by atoms with Gasteiger partial charge in [0.15, 0.2) is 0 Å². The minimum absolute atomic E-state index is 0.602. The van der Waals surface area contributed by atoms with E-state index in [0.29, 0.717) is 5.88 Å². The maximum Gasteiger partial charge on any atom is 0.212 e. The molecule has 0 N–H and O–H groups in total. The first-order valence-corrected chi connectivity index (χ1v) is 6.70. The molecule has 0 saturated carbocycles. The Morgan fingerprint density at radius 1 is 1.11 bits per heavy atom. The molecule has 0 saturated heterocycles. The van der Waals surface area contributed by atoms with Gasteiger partial charge in [0, 0.05) is 28.3 Å². The van der Waals surface area contributed by atoms with Crippen molar-refractivity contribution in [1.29, 1.82) is 0 Å². The fourth-order valence-electron chi connectivity index (χ4n) is 1.42. The lowest BCUT2D eigenvalue weighted by Gasteiger charge is -1.97. The zero-order valence-corrected chi connectivity index (χ0v) is 11.1. The molecule has 0 unspecified atom stereocenters. The van der Waals surface area contributed by atoms with Crippen LogP contribution in [0.4, 0.5) is 0 Å². The summed E-state index contributed by atoms with van der Waals surface area (Å²) in [6, 6.07) is 11.9. The van der Waals surface area contributed by atoms with Crippen molar-refractivity contribution in [3.8, 4) is 17.7 Å². The Kier molecular flexibility index (Phi) is 4.27. The van der Waals surface area contributed by atoms with E-state index in [-0.39, 0.29) is 0 Å². The second kappa shape index (κ2) is 6.13. The van der Waals surface area contributed by atoms with Crippen LogP contribution in [-0.4, -0.2) is 18.3 Å². The maximum atomic E-state index is 5.00. The highest BCUT2D eigenvalue weighted by atomic mass is 32.2. The monoisotopic (exact) mass is 255 g/mol. The summed E-state index contributed by atoms with van der Waals surface area (Å²) >= 11 is 1.71. The van der Waals surface area contributed by atoms with Gasteiger partial charge in [-0.15, -0.1) is 11.8 Å². The predicted molar refractivity (Wildman–Crippen MR) is 75.0 cm³/mol. The maximum absolute atomic E-state index is 5.00. The van der Waals surface area contributed by atoms with Gasteiger partial charge in [0.05, 0.1) is 7.11 Å². The van der Waals surface area contributed by atoms with Crippen LogP contribution >= 0.6 is 11.8 Å². The normalized spacial score (nSPS) is 9.44. The van der Waals surface area contributed by atoms with Crippen molar-refractivity contribution in [3.05, 3.63) is 53.7 Å². The SMILES string of the molecule is COc1ccc(C#Cc2cccc(SC)c2)cn1. The van der Waals surface area contributed by atoms with Crippen LogP contribution in [0.15, 0.2) is 47.5 Å². The number of benzene rings is 1. The van der Waals surface area contributed by atoms with E-state index < -0.39 is 0 Å². The summed E-state index contributed by atoms with van der Waals surface area (Å²) < 4.78 is 5.00. The van der Waals surface area contributed by atoms with E-state index >= 15 is 0 Å². The highest BCUT2D eigenvalue weighted by Crippen LogP contribution is 2.15. The van der Waals surface area contributed by atoms with Crippen molar-refractivity contribution in [2.45, 2.75) is 4.90 Å². The Morgan fingerprint density at radius 3 is 2.61 bits per heavy atom. The number of hydrogen-bond donors (Lipinski definition) is 0. The minimum Gasteiger partial charge on any atom is -0.481 e. The summed E-state index contributed by atoms with van der Waals surface area (Å²) in [6.45, 7) is 0. The highest BCUT2D eigenvalue weighted by molar-refractivity contribution is 7.98. The van der Waals surface area contributed by atoms with Crippen LogP contribution in [0.1, 0.15) is 11.1 Å². The van der Waals surface area contributed by atoms with Gasteiger partial charge in [-0.05, 0) is 30.5 Å². The van der Waals surface area contributed by atoms with Crippen molar-refractivity contribution in [2.75, 3.05) is 13.4 Å². The molecule has 0 aliphatic rings. The summed E-state index contributed by atoms with van der Waals surface area (Å²) in [7, 11) is 1.60. The lowest BCUT2D eigenvalue weighted by molar-refractivity contribution is 0.398. The molecule has 0 spiro atoms. The Bertz CT molecular complexity index is 581. The summed E-state index contributed by atoms with van der Waals surface area (Å²) in [4.78, 5) is 5.33. The first-order valence-electron chi connectivity index (χ1n) is 5.48. The fourth-order valence-corrected chi connectivity index (χ4v) is 1.88. The molecule has 2 rings (SSSR count). The van der Waals surface area contributed by atoms with E-state index in [9.17, 15) is 0 Å². The molecule has 18 heavy (non-hydrogen) atoms. The lowest BCUT2D eigenvalue weighted by atomic mass is 10.2. The first-order chi connectivity index (χ1) is 8.81. The van der Waals surface area contributed by atoms with E-state index in [0.717, 1.165) is 11.1 Å². The third-order valence-corrected chi connectivity index (χ3v) is 3.09. The molecule has 0 aliphatic heterocycles. The number of pyridine rings is 1. The van der Waals surface area contributed by atoms with Crippen LogP contribution in [0.5, 0.6) is 5.88 Å². The van der Waals surface area contributed by atoms with Gasteiger partial charge in [0.2, 0.25) is 5.88 Å². The van der Waals surface area contributed by atoms with Gasteiger partial charge < -0.3 is 4.74 Å². The van der Waals surface area contributed by atoms with E-state index in [1.807, 2.05) is 24.3 Å². The van der Waals surface area contributed by atoms with Crippen molar-refractivity contribution < 1.29 is 4.74 Å². The zero-order chi connectivity index (χ0) is 12.8. The molecule has 0 bridgehead atoms. The molecule has 1 aromatic heterocycles. The van der Waals surface area contributed by atoms with Gasteiger partial charge in [-0.1, -0.05) is 17.9 Å². The Hall–Kier alpha value is -1.92. The summed E-state index contributed by atoms with van der Waals surface area (Å²) in [6.07, 6.45) is 3.77. The van der Waals surface area contributed by atoms with Gasteiger partial charge >= 0.3 is 0 Å². The largest absolute Gasteiger partial charge is 0.481 e. The highest BCUT2D eigenvalue weighted by Gasteiger charge is 1.93. The zero-order valence-electron chi connectivity index (χ0n) is 10.3.